The average molecular weight is 1240 g/mol. The standard InChI is InChI=1S/C20H19FN6O3.C11H13FO.C11H11FO.C9H8N6O3.C6H6BFO2.C5H6O/c1-25-10-22-18-17(25)19(28)26(11-23-18)9-16-24-27(20(29)30-16)15-7-4-13(8-15)12-2-5-14(21)6-3-12;2*12-10-4-1-8(2-5-10)9-3-6-11(13)7-9;1-14-3-10-7-6(14)8(16)15(4-11-7)2-5-12-13-9(17)18-5;8-6-3-1-5(2-4-6)7(9)10;6-5-3-1-2-4-5/h2-3,5-6,10-11,13,15H,4,7-9H2,1H3;1-2,4-5,9,11,13H,3,6-7H2;1-2,4-5,9H,3,6-7H2;3-4H,2H2,1H3,(H,13,17);1-4,9-10H;1,3H,2,4H2/t13-,15-;;;;;/m1...../s1. The molecule has 0 bridgehead atoms. The van der Waals surface area contributed by atoms with E-state index in [-0.39, 0.29) is 83.1 Å². The second-order valence-corrected chi connectivity index (χ2v) is 21.9. The number of aliphatic hydroxyl groups excluding tert-OH is 1. The average Bonchev–Trinajstić information content (AvgIpc) is 1.71. The van der Waals surface area contributed by atoms with Gasteiger partial charge >= 0.3 is 18.6 Å². The Labute approximate surface area is 509 Å². The molecule has 0 spiro atoms. The number of aliphatic hydroxyl groups is 1. The van der Waals surface area contributed by atoms with Gasteiger partial charge in [-0.25, -0.2) is 52.2 Å². The molecule has 4 N–H and O–H groups in total. The second-order valence-electron chi connectivity index (χ2n) is 21.9. The van der Waals surface area contributed by atoms with Crippen LogP contribution in [0.4, 0.5) is 17.6 Å². The zero-order valence-electron chi connectivity index (χ0n) is 48.9. The summed E-state index contributed by atoms with van der Waals surface area (Å²) in [6.07, 6.45) is 18.2. The van der Waals surface area contributed by atoms with Crippen LogP contribution in [-0.4, -0.2) is 98.1 Å². The van der Waals surface area contributed by atoms with E-state index in [9.17, 15) is 51.4 Å². The number of imidazole rings is 2. The number of carbonyl (C=O) groups excluding carboxylic acids is 2. The number of benzene rings is 4. The quantitative estimate of drug-likeness (QED) is 0.0903. The maximum Gasteiger partial charge on any atom is 0.488 e. The number of Topliss-reactive ketones (excluding diaryl/α,β-unsaturated/α-hetero) is 1. The molecular formula is C62H63BF4N12O11. The van der Waals surface area contributed by atoms with Crippen molar-refractivity contribution in [3.63, 3.8) is 0 Å². The number of halogens is 4. The predicted molar refractivity (Wildman–Crippen MR) is 320 cm³/mol. The van der Waals surface area contributed by atoms with Gasteiger partial charge in [-0.1, -0.05) is 54.6 Å². The summed E-state index contributed by atoms with van der Waals surface area (Å²) in [5.41, 5.74) is 4.53. The summed E-state index contributed by atoms with van der Waals surface area (Å²) in [5, 5.41) is 36.5. The van der Waals surface area contributed by atoms with Crippen LogP contribution in [0.3, 0.4) is 0 Å². The number of aromatic amines is 1. The molecule has 10 aromatic rings. The zero-order valence-corrected chi connectivity index (χ0v) is 48.9. The summed E-state index contributed by atoms with van der Waals surface area (Å²) in [4.78, 5) is 85.4. The highest BCUT2D eigenvalue weighted by atomic mass is 19.1. The van der Waals surface area contributed by atoms with E-state index in [1.807, 2.05) is 18.2 Å². The highest BCUT2D eigenvalue weighted by molar-refractivity contribution is 6.58. The van der Waals surface area contributed by atoms with Gasteiger partial charge in [-0.15, -0.1) is 10.2 Å². The summed E-state index contributed by atoms with van der Waals surface area (Å²) in [6, 6.07) is 24.4. The molecule has 6 aromatic heterocycles. The van der Waals surface area contributed by atoms with Gasteiger partial charge in [-0.2, -0.15) is 4.68 Å². The number of rotatable bonds is 9. The number of fused-ring (bicyclic) bond motifs is 2. The molecule has 90 heavy (non-hydrogen) atoms. The number of H-pyrrole nitrogens is 1. The Morgan fingerprint density at radius 3 is 1.50 bits per heavy atom. The number of nitrogens with zero attached hydrogens (tertiary/aromatic N) is 11. The normalized spacial score (nSPS) is 18.2. The third-order valence-electron chi connectivity index (χ3n) is 15.6. The highest BCUT2D eigenvalue weighted by Gasteiger charge is 2.31. The van der Waals surface area contributed by atoms with Crippen molar-refractivity contribution in [3.05, 3.63) is 228 Å². The summed E-state index contributed by atoms with van der Waals surface area (Å²) in [5.74, 6) is -0.403. The van der Waals surface area contributed by atoms with Crippen LogP contribution in [0.2, 0.25) is 0 Å². The first-order chi connectivity index (χ1) is 43.2. The first-order valence-electron chi connectivity index (χ1n) is 28.9. The van der Waals surface area contributed by atoms with Gasteiger partial charge < -0.3 is 33.1 Å². The number of hydrogen-bond donors (Lipinski definition) is 4. The van der Waals surface area contributed by atoms with Crippen molar-refractivity contribution in [2.75, 3.05) is 0 Å². The summed E-state index contributed by atoms with van der Waals surface area (Å²) < 4.78 is 67.8. The topological polar surface area (TPSA) is 307 Å². The van der Waals surface area contributed by atoms with Crippen LogP contribution in [0.5, 0.6) is 0 Å². The maximum atomic E-state index is 13.2. The maximum absolute atomic E-state index is 13.2. The van der Waals surface area contributed by atoms with Crippen molar-refractivity contribution in [1.82, 2.24) is 58.2 Å². The van der Waals surface area contributed by atoms with Crippen LogP contribution >= 0.6 is 0 Å². The number of aromatic nitrogens is 12. The Kier molecular flexibility index (Phi) is 21.5. The number of ketones is 2. The number of allylic oxidation sites excluding steroid dienone is 2. The number of carbonyl (C=O) groups is 2. The molecule has 4 aliphatic carbocycles. The van der Waals surface area contributed by atoms with E-state index in [1.165, 1.54) is 99.8 Å². The van der Waals surface area contributed by atoms with E-state index in [0.29, 0.717) is 58.3 Å². The van der Waals surface area contributed by atoms with E-state index < -0.39 is 18.6 Å². The molecule has 4 aromatic carbocycles. The number of aryl methyl sites for hydroxylation is 2. The first-order valence-corrected chi connectivity index (χ1v) is 28.9. The van der Waals surface area contributed by atoms with Gasteiger partial charge in [0.25, 0.3) is 11.1 Å². The minimum absolute atomic E-state index is 0.00328. The molecule has 28 heteroatoms. The van der Waals surface area contributed by atoms with Gasteiger partial charge in [0.15, 0.2) is 28.1 Å². The van der Waals surface area contributed by atoms with E-state index in [4.69, 9.17) is 18.9 Å². The van der Waals surface area contributed by atoms with Crippen LogP contribution in [-0.2, 0) is 36.8 Å². The molecule has 0 saturated heterocycles. The van der Waals surface area contributed by atoms with Crippen LogP contribution in [0.15, 0.2) is 163 Å². The molecule has 5 atom stereocenters. The minimum Gasteiger partial charge on any atom is -0.423 e. The fourth-order valence-corrected chi connectivity index (χ4v) is 10.8. The summed E-state index contributed by atoms with van der Waals surface area (Å²) in [6.45, 7) is 0.0367. The molecule has 3 fully saturated rings. The van der Waals surface area contributed by atoms with Gasteiger partial charge in [0, 0.05) is 33.4 Å². The van der Waals surface area contributed by atoms with Gasteiger partial charge in [0.05, 0.1) is 24.8 Å². The lowest BCUT2D eigenvalue weighted by Gasteiger charge is -2.11. The van der Waals surface area contributed by atoms with Crippen molar-refractivity contribution in [2.24, 2.45) is 14.1 Å². The number of nitrogens with one attached hydrogen (secondary N) is 1. The lowest BCUT2D eigenvalue weighted by molar-refractivity contribution is -0.117. The third kappa shape index (κ3) is 17.1. The Bertz CT molecular complexity index is 4330. The molecule has 0 aliphatic heterocycles. The van der Waals surface area contributed by atoms with E-state index >= 15 is 0 Å². The van der Waals surface area contributed by atoms with Crippen molar-refractivity contribution >= 4 is 46.5 Å². The van der Waals surface area contributed by atoms with Crippen LogP contribution in [0.1, 0.15) is 123 Å². The van der Waals surface area contributed by atoms with Crippen molar-refractivity contribution in [3.8, 4) is 0 Å². The molecule has 14 rings (SSSR count). The fourth-order valence-electron chi connectivity index (χ4n) is 10.8. The Hall–Kier alpha value is -9.80. The molecule has 23 nitrogen and oxygen atoms in total. The molecule has 3 unspecified atom stereocenters. The monoisotopic (exact) mass is 1240 g/mol. The lowest BCUT2D eigenvalue weighted by atomic mass is 9.80. The van der Waals surface area contributed by atoms with Crippen molar-refractivity contribution in [1.29, 1.82) is 0 Å². The highest BCUT2D eigenvalue weighted by Crippen LogP contribution is 2.40. The molecule has 3 saturated carbocycles. The Balaban J connectivity index is 0.000000138. The number of hydrogen-bond acceptors (Lipinski definition) is 17. The third-order valence-corrected chi connectivity index (χ3v) is 15.6. The molecular weight excluding hydrogens is 1180 g/mol. The zero-order chi connectivity index (χ0) is 64.0. The van der Waals surface area contributed by atoms with E-state index in [2.05, 4.69) is 35.2 Å². The second kappa shape index (κ2) is 29.9. The van der Waals surface area contributed by atoms with E-state index in [1.54, 1.807) is 53.6 Å². The molecule has 6 heterocycles. The minimum atomic E-state index is -1.51. The Morgan fingerprint density at radius 2 is 1.07 bits per heavy atom. The predicted octanol–water partition coefficient (Wildman–Crippen LogP) is 6.36. The lowest BCUT2D eigenvalue weighted by Crippen LogP contribution is -2.29. The smallest absolute Gasteiger partial charge is 0.423 e. The van der Waals surface area contributed by atoms with Crippen molar-refractivity contribution in [2.45, 2.75) is 114 Å². The molecule has 0 amide bonds. The van der Waals surface area contributed by atoms with Crippen LogP contribution in [0.25, 0.3) is 22.3 Å². The van der Waals surface area contributed by atoms with Gasteiger partial charge in [-0.3, -0.25) is 28.3 Å². The molecule has 468 valence electrons. The van der Waals surface area contributed by atoms with Gasteiger partial charge in [-0.05, 0) is 146 Å². The Morgan fingerprint density at radius 1 is 0.578 bits per heavy atom. The largest absolute Gasteiger partial charge is 0.488 e. The van der Waals surface area contributed by atoms with E-state index in [0.717, 1.165) is 74.5 Å². The van der Waals surface area contributed by atoms with Gasteiger partial charge in [0.1, 0.15) is 54.8 Å². The summed E-state index contributed by atoms with van der Waals surface area (Å²) >= 11 is 0. The molecule has 0 radical (unpaired) electrons. The fraction of sp³-hybridized carbons (Fsp3) is 0.323. The molecule has 4 aliphatic rings. The van der Waals surface area contributed by atoms with Gasteiger partial charge in [0.2, 0.25) is 11.8 Å². The SMILES string of the molecule is Cn1cnc2ncn(Cc3n[nH]c(=O)o3)c(=O)c21.Cn1cnc2ncn(Cc3nn([C@@H]4CC[C@@H](c5ccc(F)cc5)C4)c(=O)o3)c(=O)c21.O=C1C=CCC1.O=C1CCC(c2ccc(F)cc2)C1.OB(O)c1ccc(F)cc1.OC1CCC(c2ccc(F)cc2)C1. The van der Waals surface area contributed by atoms with Crippen LogP contribution < -0.4 is 28.1 Å². The summed E-state index contributed by atoms with van der Waals surface area (Å²) in [7, 11) is 1.91. The van der Waals surface area contributed by atoms with Crippen molar-refractivity contribution < 1.29 is 51.1 Å². The first kappa shape index (κ1) is 64.7. The van der Waals surface area contributed by atoms with Crippen LogP contribution in [0, 0.1) is 23.3 Å².